The molecule has 3 nitrogen and oxygen atoms in total. The summed E-state index contributed by atoms with van der Waals surface area (Å²) in [7, 11) is 0. The van der Waals surface area contributed by atoms with E-state index in [-0.39, 0.29) is 5.82 Å². The Labute approximate surface area is 114 Å². The predicted molar refractivity (Wildman–Crippen MR) is 72.5 cm³/mol. The summed E-state index contributed by atoms with van der Waals surface area (Å²) in [6.07, 6.45) is 3.54. The maximum absolute atomic E-state index is 12.9. The fraction of sp³-hybridized carbons (Fsp3) is 0.600. The van der Waals surface area contributed by atoms with Crippen LogP contribution >= 0.6 is 0 Å². The maximum Gasteiger partial charge on any atom is 0.123 e. The third-order valence-corrected chi connectivity index (χ3v) is 3.19. The molecule has 0 amide bonds. The smallest absolute Gasteiger partial charge is 0.123 e. The van der Waals surface area contributed by atoms with Crippen LogP contribution in [0.2, 0.25) is 0 Å². The Hall–Kier alpha value is -0.970. The molecule has 1 aromatic carbocycles. The number of hydrogen-bond acceptors (Lipinski definition) is 3. The molecule has 0 radical (unpaired) electrons. The number of rotatable bonds is 8. The van der Waals surface area contributed by atoms with Gasteiger partial charge in [0.15, 0.2) is 0 Å². The minimum absolute atomic E-state index is 0.181. The quantitative estimate of drug-likeness (QED) is 0.734. The third-order valence-electron chi connectivity index (χ3n) is 3.19. The average molecular weight is 267 g/mol. The van der Waals surface area contributed by atoms with Gasteiger partial charge in [-0.2, -0.15) is 0 Å². The first-order valence-electron chi connectivity index (χ1n) is 6.99. The van der Waals surface area contributed by atoms with E-state index in [1.807, 2.05) is 6.07 Å². The van der Waals surface area contributed by atoms with Gasteiger partial charge < -0.3 is 14.8 Å². The van der Waals surface area contributed by atoms with E-state index in [0.717, 1.165) is 44.6 Å². The van der Waals surface area contributed by atoms with Gasteiger partial charge in [0.05, 0.1) is 12.7 Å². The van der Waals surface area contributed by atoms with Crippen LogP contribution in [-0.2, 0) is 16.0 Å². The second kappa shape index (κ2) is 8.25. The van der Waals surface area contributed by atoms with Crippen LogP contribution in [0.1, 0.15) is 24.8 Å². The van der Waals surface area contributed by atoms with Crippen LogP contribution in [0.15, 0.2) is 24.3 Å². The molecule has 1 atom stereocenters. The third kappa shape index (κ3) is 5.68. The fourth-order valence-corrected chi connectivity index (χ4v) is 2.17. The number of nitrogens with one attached hydrogen (secondary N) is 1. The topological polar surface area (TPSA) is 30.5 Å². The molecule has 1 heterocycles. The zero-order valence-electron chi connectivity index (χ0n) is 11.2. The highest BCUT2D eigenvalue weighted by molar-refractivity contribution is 5.15. The number of halogens is 1. The van der Waals surface area contributed by atoms with E-state index in [1.165, 1.54) is 6.07 Å². The van der Waals surface area contributed by atoms with Crippen molar-refractivity contribution in [3.63, 3.8) is 0 Å². The summed E-state index contributed by atoms with van der Waals surface area (Å²) in [4.78, 5) is 0. The summed E-state index contributed by atoms with van der Waals surface area (Å²) in [6, 6.07) is 6.67. The molecule has 4 heteroatoms. The lowest BCUT2D eigenvalue weighted by molar-refractivity contribution is 0.0166. The molecule has 0 bridgehead atoms. The van der Waals surface area contributed by atoms with Gasteiger partial charge >= 0.3 is 0 Å². The van der Waals surface area contributed by atoms with E-state index in [0.29, 0.717) is 19.3 Å². The van der Waals surface area contributed by atoms with Crippen LogP contribution in [0.3, 0.4) is 0 Å². The monoisotopic (exact) mass is 267 g/mol. The van der Waals surface area contributed by atoms with E-state index < -0.39 is 0 Å². The summed E-state index contributed by atoms with van der Waals surface area (Å²) in [5, 5.41) is 3.28. The van der Waals surface area contributed by atoms with Crippen molar-refractivity contribution in [2.24, 2.45) is 0 Å². The lowest BCUT2D eigenvalue weighted by Crippen LogP contribution is -2.19. The lowest BCUT2D eigenvalue weighted by atomic mass is 10.2. The number of hydrogen-bond donors (Lipinski definition) is 1. The highest BCUT2D eigenvalue weighted by Gasteiger charge is 2.14. The van der Waals surface area contributed by atoms with E-state index in [2.05, 4.69) is 5.32 Å². The van der Waals surface area contributed by atoms with Crippen LogP contribution < -0.4 is 5.32 Å². The molecule has 1 saturated heterocycles. The number of ether oxygens (including phenoxy) is 2. The summed E-state index contributed by atoms with van der Waals surface area (Å²) < 4.78 is 24.0. The molecule has 19 heavy (non-hydrogen) atoms. The van der Waals surface area contributed by atoms with E-state index >= 15 is 0 Å². The average Bonchev–Trinajstić information content (AvgIpc) is 2.91. The van der Waals surface area contributed by atoms with Gasteiger partial charge in [0.25, 0.3) is 0 Å². The standard InChI is InChI=1S/C15H22FNO2/c16-14-5-1-4-13(10-14)11-17-7-3-8-18-12-15-6-2-9-19-15/h1,4-5,10,15,17H,2-3,6-9,11-12H2. The SMILES string of the molecule is Fc1cccc(CNCCCOCC2CCCO2)c1. The molecule has 1 N–H and O–H groups in total. The highest BCUT2D eigenvalue weighted by atomic mass is 19.1. The normalized spacial score (nSPS) is 18.9. The lowest BCUT2D eigenvalue weighted by Gasteiger charge is -2.10. The van der Waals surface area contributed by atoms with E-state index in [1.54, 1.807) is 12.1 Å². The summed E-state index contributed by atoms with van der Waals surface area (Å²) >= 11 is 0. The van der Waals surface area contributed by atoms with Crippen LogP contribution in [0.4, 0.5) is 4.39 Å². The van der Waals surface area contributed by atoms with Crippen LogP contribution in [0.5, 0.6) is 0 Å². The molecule has 0 saturated carbocycles. The number of benzene rings is 1. The molecule has 106 valence electrons. The highest BCUT2D eigenvalue weighted by Crippen LogP contribution is 2.11. The molecule has 1 fully saturated rings. The molecule has 1 aromatic rings. The minimum Gasteiger partial charge on any atom is -0.379 e. The van der Waals surface area contributed by atoms with Gasteiger partial charge in [0.2, 0.25) is 0 Å². The molecular weight excluding hydrogens is 245 g/mol. The minimum atomic E-state index is -0.181. The van der Waals surface area contributed by atoms with Crippen LogP contribution in [-0.4, -0.2) is 32.5 Å². The van der Waals surface area contributed by atoms with Gasteiger partial charge in [-0.3, -0.25) is 0 Å². The van der Waals surface area contributed by atoms with Gasteiger partial charge in [-0.15, -0.1) is 0 Å². The van der Waals surface area contributed by atoms with Crippen LogP contribution in [0, 0.1) is 5.82 Å². The first-order valence-corrected chi connectivity index (χ1v) is 6.99. The summed E-state index contributed by atoms with van der Waals surface area (Å²) in [6.45, 7) is 3.91. The Balaban J connectivity index is 1.46. The van der Waals surface area contributed by atoms with E-state index in [4.69, 9.17) is 9.47 Å². The van der Waals surface area contributed by atoms with Gasteiger partial charge in [-0.25, -0.2) is 4.39 Å². The Morgan fingerprint density at radius 1 is 1.42 bits per heavy atom. The van der Waals surface area contributed by atoms with Gasteiger partial charge in [0, 0.05) is 19.8 Å². The molecule has 1 aliphatic rings. The Bertz CT molecular complexity index is 367. The van der Waals surface area contributed by atoms with Crippen molar-refractivity contribution < 1.29 is 13.9 Å². The largest absolute Gasteiger partial charge is 0.379 e. The van der Waals surface area contributed by atoms with Crippen molar-refractivity contribution in [3.8, 4) is 0 Å². The van der Waals surface area contributed by atoms with Gasteiger partial charge in [-0.05, 0) is 43.5 Å². The molecule has 2 rings (SSSR count). The molecular formula is C15H22FNO2. The first kappa shape index (κ1) is 14.4. The summed E-state index contributed by atoms with van der Waals surface area (Å²) in [5.74, 6) is -0.181. The van der Waals surface area contributed by atoms with Gasteiger partial charge in [-0.1, -0.05) is 12.1 Å². The maximum atomic E-state index is 12.9. The molecule has 1 aliphatic heterocycles. The molecule has 0 spiro atoms. The first-order chi connectivity index (χ1) is 9.34. The molecule has 0 aliphatic carbocycles. The Morgan fingerprint density at radius 3 is 3.16 bits per heavy atom. The second-order valence-electron chi connectivity index (χ2n) is 4.87. The molecule has 1 unspecified atom stereocenters. The van der Waals surface area contributed by atoms with Crippen molar-refractivity contribution in [2.45, 2.75) is 31.9 Å². The van der Waals surface area contributed by atoms with Crippen molar-refractivity contribution in [1.82, 2.24) is 5.32 Å². The van der Waals surface area contributed by atoms with Crippen LogP contribution in [0.25, 0.3) is 0 Å². The summed E-state index contributed by atoms with van der Waals surface area (Å²) in [5.41, 5.74) is 0.972. The predicted octanol–water partition coefficient (Wildman–Crippen LogP) is 2.50. The second-order valence-corrected chi connectivity index (χ2v) is 4.87. The van der Waals surface area contributed by atoms with Crippen molar-refractivity contribution in [2.75, 3.05) is 26.4 Å². The van der Waals surface area contributed by atoms with E-state index in [9.17, 15) is 4.39 Å². The van der Waals surface area contributed by atoms with Crippen molar-refractivity contribution >= 4 is 0 Å². The van der Waals surface area contributed by atoms with Gasteiger partial charge in [0.1, 0.15) is 5.82 Å². The zero-order valence-corrected chi connectivity index (χ0v) is 11.2. The van der Waals surface area contributed by atoms with Crippen molar-refractivity contribution in [3.05, 3.63) is 35.6 Å². The Morgan fingerprint density at radius 2 is 2.37 bits per heavy atom. The zero-order chi connectivity index (χ0) is 13.3. The fourth-order valence-electron chi connectivity index (χ4n) is 2.17. The van der Waals surface area contributed by atoms with Crippen molar-refractivity contribution in [1.29, 1.82) is 0 Å². The Kier molecular flexibility index (Phi) is 6.27. The molecule has 0 aromatic heterocycles.